The second-order valence-electron chi connectivity index (χ2n) is 7.12. The van der Waals surface area contributed by atoms with Crippen LogP contribution in [0.2, 0.25) is 0 Å². The van der Waals surface area contributed by atoms with Gasteiger partial charge in [-0.3, -0.25) is 4.98 Å². The smallest absolute Gasteiger partial charge is 0.172 e. The van der Waals surface area contributed by atoms with Crippen LogP contribution in [0, 0.1) is 5.92 Å². The van der Waals surface area contributed by atoms with Gasteiger partial charge in [-0.2, -0.15) is 0 Å². The summed E-state index contributed by atoms with van der Waals surface area (Å²) in [6.07, 6.45) is 3.98. The largest absolute Gasteiger partial charge is 0.382 e. The SMILES string of the molecule is CC1CC[N+]2(C)C(C(O)c3ccnc4ccccc34)[C@@H]2C1. The van der Waals surface area contributed by atoms with Crippen molar-refractivity contribution in [1.29, 1.82) is 0 Å². The average molecular weight is 283 g/mol. The zero-order chi connectivity index (χ0) is 14.6. The highest BCUT2D eigenvalue weighted by Gasteiger charge is 2.67. The predicted molar refractivity (Wildman–Crippen MR) is 83.7 cm³/mol. The number of quaternary nitrogens is 1. The molecule has 2 fully saturated rings. The predicted octanol–water partition coefficient (Wildman–Crippen LogP) is 2.90. The number of benzene rings is 1. The van der Waals surface area contributed by atoms with Gasteiger partial charge >= 0.3 is 0 Å². The Bertz CT molecular complexity index is 680. The van der Waals surface area contributed by atoms with E-state index in [9.17, 15) is 5.11 Å². The summed E-state index contributed by atoms with van der Waals surface area (Å²) < 4.78 is 1.06. The second kappa shape index (κ2) is 4.52. The maximum atomic E-state index is 11.0. The Morgan fingerprint density at radius 1 is 1.29 bits per heavy atom. The van der Waals surface area contributed by atoms with Crippen molar-refractivity contribution in [3.63, 3.8) is 0 Å². The first-order valence-electron chi connectivity index (χ1n) is 7.98. The number of fused-ring (bicyclic) bond motifs is 2. The van der Waals surface area contributed by atoms with Gasteiger partial charge in [0.1, 0.15) is 12.1 Å². The molecular weight excluding hydrogens is 260 g/mol. The van der Waals surface area contributed by atoms with Crippen LogP contribution in [0.5, 0.6) is 0 Å². The summed E-state index contributed by atoms with van der Waals surface area (Å²) in [6, 6.07) is 11.1. The zero-order valence-electron chi connectivity index (χ0n) is 12.7. The molecule has 0 spiro atoms. The van der Waals surface area contributed by atoms with Gasteiger partial charge in [0.2, 0.25) is 0 Å². The van der Waals surface area contributed by atoms with Crippen LogP contribution in [-0.2, 0) is 0 Å². The van der Waals surface area contributed by atoms with Crippen LogP contribution in [0.1, 0.15) is 31.4 Å². The Labute approximate surface area is 125 Å². The molecule has 4 rings (SSSR count). The molecule has 0 amide bonds. The molecule has 0 aliphatic carbocycles. The minimum absolute atomic E-state index is 0.362. The maximum absolute atomic E-state index is 11.0. The molecule has 1 aromatic carbocycles. The van der Waals surface area contributed by atoms with Crippen molar-refractivity contribution in [3.8, 4) is 0 Å². The molecule has 5 atom stereocenters. The van der Waals surface area contributed by atoms with E-state index in [0.717, 1.165) is 26.9 Å². The van der Waals surface area contributed by atoms with Crippen molar-refractivity contribution in [1.82, 2.24) is 4.98 Å². The minimum atomic E-state index is -0.377. The van der Waals surface area contributed by atoms with Crippen molar-refractivity contribution >= 4 is 10.9 Å². The van der Waals surface area contributed by atoms with Gasteiger partial charge in [-0.05, 0) is 30.0 Å². The third-order valence-electron chi connectivity index (χ3n) is 5.82. The van der Waals surface area contributed by atoms with Crippen molar-refractivity contribution in [2.75, 3.05) is 13.6 Å². The summed E-state index contributed by atoms with van der Waals surface area (Å²) in [5, 5.41) is 12.1. The summed E-state index contributed by atoms with van der Waals surface area (Å²) in [7, 11) is 2.31. The molecule has 110 valence electrons. The minimum Gasteiger partial charge on any atom is -0.382 e. The van der Waals surface area contributed by atoms with Crippen LogP contribution in [0.4, 0.5) is 0 Å². The molecule has 2 aliphatic heterocycles. The lowest BCUT2D eigenvalue weighted by atomic mass is 9.95. The summed E-state index contributed by atoms with van der Waals surface area (Å²) in [6.45, 7) is 3.55. The number of piperidine rings is 1. The van der Waals surface area contributed by atoms with Crippen molar-refractivity contribution in [2.24, 2.45) is 5.92 Å². The van der Waals surface area contributed by atoms with Gasteiger partial charge in [0, 0.05) is 18.0 Å². The van der Waals surface area contributed by atoms with Crippen LogP contribution in [0.25, 0.3) is 10.9 Å². The second-order valence-corrected chi connectivity index (χ2v) is 7.12. The number of para-hydroxylation sites is 1. The number of hydrogen-bond donors (Lipinski definition) is 1. The molecule has 2 aliphatic rings. The molecule has 3 nitrogen and oxygen atoms in total. The van der Waals surface area contributed by atoms with Gasteiger partial charge in [0.05, 0.1) is 19.1 Å². The van der Waals surface area contributed by atoms with Gasteiger partial charge in [-0.1, -0.05) is 25.1 Å². The van der Waals surface area contributed by atoms with E-state index in [4.69, 9.17) is 0 Å². The summed E-state index contributed by atoms with van der Waals surface area (Å²) in [5.41, 5.74) is 2.02. The number of hydrogen-bond acceptors (Lipinski definition) is 2. The van der Waals surface area contributed by atoms with E-state index in [-0.39, 0.29) is 6.10 Å². The normalized spacial score (nSPS) is 36.2. The Kier molecular flexibility index (Phi) is 2.85. The first-order chi connectivity index (χ1) is 10.1. The van der Waals surface area contributed by atoms with E-state index in [1.165, 1.54) is 19.4 Å². The van der Waals surface area contributed by atoms with Crippen molar-refractivity contribution in [2.45, 2.75) is 38.0 Å². The quantitative estimate of drug-likeness (QED) is 0.679. The van der Waals surface area contributed by atoms with Crippen LogP contribution < -0.4 is 0 Å². The summed E-state index contributed by atoms with van der Waals surface area (Å²) in [5.74, 6) is 0.799. The van der Waals surface area contributed by atoms with Gasteiger partial charge in [0.25, 0.3) is 0 Å². The maximum Gasteiger partial charge on any atom is 0.172 e. The summed E-state index contributed by atoms with van der Waals surface area (Å²) >= 11 is 0. The lowest BCUT2D eigenvalue weighted by molar-refractivity contribution is -0.814. The third kappa shape index (κ3) is 1.91. The van der Waals surface area contributed by atoms with Gasteiger partial charge in [0.15, 0.2) is 6.04 Å². The number of likely N-dealkylation sites (N-methyl/N-ethyl adjacent to an activating group) is 1. The summed E-state index contributed by atoms with van der Waals surface area (Å²) in [4.78, 5) is 4.41. The van der Waals surface area contributed by atoms with Gasteiger partial charge in [-0.15, -0.1) is 0 Å². The first-order valence-corrected chi connectivity index (χ1v) is 7.98. The third-order valence-corrected chi connectivity index (χ3v) is 5.82. The molecule has 1 aromatic heterocycles. The number of aliphatic hydroxyl groups excluding tert-OH is 1. The Morgan fingerprint density at radius 2 is 2.10 bits per heavy atom. The Hall–Kier alpha value is -1.45. The van der Waals surface area contributed by atoms with Crippen LogP contribution in [-0.4, -0.2) is 40.2 Å². The zero-order valence-corrected chi connectivity index (χ0v) is 12.7. The Morgan fingerprint density at radius 3 is 2.90 bits per heavy atom. The number of pyridine rings is 1. The lowest BCUT2D eigenvalue weighted by Crippen LogP contribution is -2.33. The molecule has 0 radical (unpaired) electrons. The van der Waals surface area contributed by atoms with E-state index in [0.29, 0.717) is 12.1 Å². The number of nitrogens with zero attached hydrogens (tertiary/aromatic N) is 2. The molecule has 0 saturated carbocycles. The highest BCUT2D eigenvalue weighted by atomic mass is 16.3. The molecule has 2 saturated heterocycles. The molecule has 1 N–H and O–H groups in total. The number of rotatable bonds is 2. The molecule has 21 heavy (non-hydrogen) atoms. The highest BCUT2D eigenvalue weighted by Crippen LogP contribution is 2.52. The Balaban J connectivity index is 1.70. The molecule has 3 heteroatoms. The highest BCUT2D eigenvalue weighted by molar-refractivity contribution is 5.82. The standard InChI is InChI=1S/C18H23N2O/c1-12-8-10-20(2)16(11-12)17(20)18(21)14-7-9-19-15-6-4-3-5-13(14)15/h3-7,9,12,16-18,21H,8,10-11H2,1-2H3/q+1/t12?,16-,17?,18?,20?/m0/s1. The van der Waals surface area contributed by atoms with E-state index in [1.807, 2.05) is 30.5 Å². The van der Waals surface area contributed by atoms with E-state index >= 15 is 0 Å². The average Bonchev–Trinajstić information content (AvgIpc) is 3.11. The molecule has 3 heterocycles. The first kappa shape index (κ1) is 13.2. The van der Waals surface area contributed by atoms with Crippen molar-refractivity contribution < 1.29 is 9.59 Å². The number of aromatic nitrogens is 1. The van der Waals surface area contributed by atoms with E-state index in [2.05, 4.69) is 25.0 Å². The molecule has 0 bridgehead atoms. The van der Waals surface area contributed by atoms with Crippen LogP contribution in [0.15, 0.2) is 36.5 Å². The van der Waals surface area contributed by atoms with Crippen LogP contribution >= 0.6 is 0 Å². The fraction of sp³-hybridized carbons (Fsp3) is 0.500. The van der Waals surface area contributed by atoms with Crippen LogP contribution in [0.3, 0.4) is 0 Å². The van der Waals surface area contributed by atoms with Crippen molar-refractivity contribution in [3.05, 3.63) is 42.1 Å². The van der Waals surface area contributed by atoms with E-state index in [1.54, 1.807) is 0 Å². The fourth-order valence-corrected chi connectivity index (χ4v) is 4.43. The van der Waals surface area contributed by atoms with Gasteiger partial charge in [-0.25, -0.2) is 0 Å². The topological polar surface area (TPSA) is 33.1 Å². The fourth-order valence-electron chi connectivity index (χ4n) is 4.43. The lowest BCUT2D eigenvalue weighted by Gasteiger charge is -2.24. The monoisotopic (exact) mass is 283 g/mol. The van der Waals surface area contributed by atoms with E-state index < -0.39 is 0 Å². The van der Waals surface area contributed by atoms with Gasteiger partial charge < -0.3 is 9.59 Å². The molecular formula is C18H23N2O+. The molecule has 2 aromatic rings. The molecule has 4 unspecified atom stereocenters. The number of aliphatic hydroxyl groups is 1.